The molecule has 1 unspecified atom stereocenters. The molecule has 4 rings (SSSR count). The van der Waals surface area contributed by atoms with E-state index in [0.29, 0.717) is 27.7 Å². The molecule has 1 aliphatic rings. The van der Waals surface area contributed by atoms with Gasteiger partial charge >= 0.3 is 6.09 Å². The summed E-state index contributed by atoms with van der Waals surface area (Å²) in [4.78, 5) is 34.0. The number of nitrogens with zero attached hydrogens (tertiary/aromatic N) is 4. The van der Waals surface area contributed by atoms with Gasteiger partial charge in [0.2, 0.25) is 0 Å². The number of halogens is 2. The second kappa shape index (κ2) is 11.6. The van der Waals surface area contributed by atoms with Crippen LogP contribution in [0.1, 0.15) is 44.4 Å². The number of hydrogen-bond acceptors (Lipinski definition) is 6. The summed E-state index contributed by atoms with van der Waals surface area (Å²) < 4.78 is 28.2. The molecule has 0 radical (unpaired) electrons. The van der Waals surface area contributed by atoms with E-state index in [4.69, 9.17) is 26.5 Å². The molecule has 2 amide bonds. The molecule has 3 aromatic rings. The molecule has 0 spiro atoms. The van der Waals surface area contributed by atoms with Gasteiger partial charge in [0.15, 0.2) is 5.96 Å². The van der Waals surface area contributed by atoms with E-state index in [1.54, 1.807) is 55.3 Å². The predicted molar refractivity (Wildman–Crippen MR) is 158 cm³/mol. The Hall–Kier alpha value is -4.12. The van der Waals surface area contributed by atoms with Crippen LogP contribution in [0.4, 0.5) is 9.18 Å². The molecule has 1 fully saturated rings. The van der Waals surface area contributed by atoms with E-state index in [0.717, 1.165) is 0 Å². The van der Waals surface area contributed by atoms with E-state index in [1.807, 2.05) is 27.8 Å². The number of ether oxygens (including phenoxy) is 2. The van der Waals surface area contributed by atoms with Crippen molar-refractivity contribution in [3.8, 4) is 17.1 Å². The van der Waals surface area contributed by atoms with Crippen molar-refractivity contribution in [2.24, 2.45) is 12.5 Å². The Balaban J connectivity index is 1.86. The number of rotatable bonds is 8. The lowest BCUT2D eigenvalue weighted by Gasteiger charge is -2.35. The van der Waals surface area contributed by atoms with Gasteiger partial charge in [-0.3, -0.25) is 15.1 Å². The Morgan fingerprint density at radius 2 is 1.95 bits per heavy atom. The third kappa shape index (κ3) is 5.92. The highest BCUT2D eigenvalue weighted by Gasteiger charge is 2.55. The quantitative estimate of drug-likeness (QED) is 0.363. The SMILES string of the molecule is COc1ccc([C@@]2(CC(C)(C)C)NC(=N)N(C(COC(=O)N(C)C)c3ccc(Cl)c(-c4nccn4C)c3)C2=O)c(F)c1. The van der Waals surface area contributed by atoms with Crippen LogP contribution in [0.3, 0.4) is 0 Å². The van der Waals surface area contributed by atoms with E-state index in [-0.39, 0.29) is 24.6 Å². The third-order valence-electron chi connectivity index (χ3n) is 7.07. The average molecular weight is 599 g/mol. The van der Waals surface area contributed by atoms with Gasteiger partial charge in [-0.1, -0.05) is 38.4 Å². The maximum atomic E-state index is 15.6. The first-order valence-corrected chi connectivity index (χ1v) is 13.7. The molecule has 12 heteroatoms. The van der Waals surface area contributed by atoms with Crippen molar-refractivity contribution in [3.63, 3.8) is 0 Å². The molecule has 1 saturated heterocycles. The van der Waals surface area contributed by atoms with Crippen LogP contribution >= 0.6 is 11.6 Å². The number of carbonyl (C=O) groups excluding carboxylic acids is 2. The number of aryl methyl sites for hydroxylation is 1. The summed E-state index contributed by atoms with van der Waals surface area (Å²) in [6.45, 7) is 5.54. The Labute approximate surface area is 249 Å². The summed E-state index contributed by atoms with van der Waals surface area (Å²) in [6.07, 6.45) is 2.97. The number of imidazole rings is 1. The van der Waals surface area contributed by atoms with Crippen molar-refractivity contribution < 1.29 is 23.5 Å². The van der Waals surface area contributed by atoms with Crippen LogP contribution in [-0.2, 0) is 22.1 Å². The van der Waals surface area contributed by atoms with Gasteiger partial charge in [-0.15, -0.1) is 0 Å². The van der Waals surface area contributed by atoms with Gasteiger partial charge < -0.3 is 24.3 Å². The van der Waals surface area contributed by atoms with E-state index < -0.39 is 34.8 Å². The van der Waals surface area contributed by atoms with Crippen LogP contribution in [-0.4, -0.2) is 65.1 Å². The number of nitrogens with one attached hydrogen (secondary N) is 2. The van der Waals surface area contributed by atoms with E-state index in [1.165, 1.54) is 29.0 Å². The monoisotopic (exact) mass is 598 g/mol. The minimum atomic E-state index is -1.61. The smallest absolute Gasteiger partial charge is 0.409 e. The zero-order chi connectivity index (χ0) is 31.0. The number of amides is 2. The van der Waals surface area contributed by atoms with Crippen LogP contribution in [0.25, 0.3) is 11.4 Å². The van der Waals surface area contributed by atoms with E-state index in [2.05, 4.69) is 10.3 Å². The van der Waals surface area contributed by atoms with Gasteiger partial charge in [-0.25, -0.2) is 14.2 Å². The number of aromatic nitrogens is 2. The molecular formula is C30H36ClFN6O4. The largest absolute Gasteiger partial charge is 0.497 e. The first-order valence-electron chi connectivity index (χ1n) is 13.3. The lowest BCUT2D eigenvalue weighted by molar-refractivity contribution is -0.135. The van der Waals surface area contributed by atoms with Gasteiger partial charge in [0.05, 0.1) is 18.2 Å². The summed E-state index contributed by atoms with van der Waals surface area (Å²) in [5, 5.41) is 12.4. The summed E-state index contributed by atoms with van der Waals surface area (Å²) >= 11 is 6.56. The lowest BCUT2D eigenvalue weighted by atomic mass is 9.75. The molecule has 224 valence electrons. The standard InChI is InChI=1S/C30H36ClFN6O4/c1-29(2,3)17-30(21-10-9-19(41-7)15-23(21)32)26(39)38(27(33)35-30)24(16-42-28(40)36(4)5)18-8-11-22(31)20(14-18)25-34-12-13-37(25)6/h8-15,24H,16-17H2,1-7H3,(H2,33,35)/t24?,30-/m1/s1. The van der Waals surface area contributed by atoms with Crippen molar-refractivity contribution in [1.82, 2.24) is 24.7 Å². The molecule has 0 aliphatic carbocycles. The molecule has 0 saturated carbocycles. The Bertz CT molecular complexity index is 1520. The molecule has 1 aliphatic heterocycles. The fraction of sp³-hybridized carbons (Fsp3) is 0.400. The summed E-state index contributed by atoms with van der Waals surface area (Å²) in [5.41, 5.74) is -0.831. The molecule has 0 bridgehead atoms. The normalized spacial score (nSPS) is 17.7. The highest BCUT2D eigenvalue weighted by atomic mass is 35.5. The Morgan fingerprint density at radius 1 is 1.24 bits per heavy atom. The first-order chi connectivity index (χ1) is 19.7. The predicted octanol–water partition coefficient (Wildman–Crippen LogP) is 5.33. The van der Waals surface area contributed by atoms with Gasteiger partial charge in [-0.05, 0) is 41.7 Å². The molecular weight excluding hydrogens is 563 g/mol. The van der Waals surface area contributed by atoms with Crippen molar-refractivity contribution >= 4 is 29.6 Å². The molecule has 10 nitrogen and oxygen atoms in total. The van der Waals surface area contributed by atoms with E-state index >= 15 is 4.39 Å². The molecule has 2 aromatic carbocycles. The minimum absolute atomic E-state index is 0.0873. The lowest BCUT2D eigenvalue weighted by Crippen LogP contribution is -2.48. The second-order valence-corrected chi connectivity index (χ2v) is 12.1. The van der Waals surface area contributed by atoms with Crippen LogP contribution < -0.4 is 10.1 Å². The van der Waals surface area contributed by atoms with Crippen molar-refractivity contribution in [1.29, 1.82) is 5.41 Å². The Kier molecular flexibility index (Phi) is 8.54. The molecule has 42 heavy (non-hydrogen) atoms. The highest BCUT2D eigenvalue weighted by molar-refractivity contribution is 6.33. The maximum Gasteiger partial charge on any atom is 0.409 e. The molecule has 2 atom stereocenters. The van der Waals surface area contributed by atoms with Crippen molar-refractivity contribution in [2.45, 2.75) is 38.8 Å². The minimum Gasteiger partial charge on any atom is -0.497 e. The first kappa shape index (κ1) is 30.8. The zero-order valence-corrected chi connectivity index (χ0v) is 25.5. The molecule has 2 heterocycles. The molecule has 1 aromatic heterocycles. The van der Waals surface area contributed by atoms with Crippen LogP contribution in [0.5, 0.6) is 5.75 Å². The van der Waals surface area contributed by atoms with E-state index in [9.17, 15) is 9.59 Å². The fourth-order valence-corrected chi connectivity index (χ4v) is 5.43. The highest BCUT2D eigenvalue weighted by Crippen LogP contribution is 2.44. The Morgan fingerprint density at radius 3 is 2.52 bits per heavy atom. The second-order valence-electron chi connectivity index (χ2n) is 11.7. The van der Waals surface area contributed by atoms with Crippen molar-refractivity contribution in [3.05, 3.63) is 70.8 Å². The van der Waals surface area contributed by atoms with Gasteiger partial charge in [-0.2, -0.15) is 0 Å². The van der Waals surface area contributed by atoms with Gasteiger partial charge in [0.25, 0.3) is 5.91 Å². The summed E-state index contributed by atoms with van der Waals surface area (Å²) in [5.74, 6) is -0.553. The summed E-state index contributed by atoms with van der Waals surface area (Å²) in [7, 11) is 6.35. The zero-order valence-electron chi connectivity index (χ0n) is 24.8. The fourth-order valence-electron chi connectivity index (χ4n) is 5.23. The van der Waals surface area contributed by atoms with Gasteiger partial charge in [0.1, 0.15) is 29.5 Å². The van der Waals surface area contributed by atoms with Crippen LogP contribution in [0.15, 0.2) is 48.8 Å². The number of benzene rings is 2. The van der Waals surface area contributed by atoms with Crippen molar-refractivity contribution in [2.75, 3.05) is 27.8 Å². The number of hydrogen-bond donors (Lipinski definition) is 2. The van der Waals surface area contributed by atoms with Crippen LogP contribution in [0, 0.1) is 16.6 Å². The number of methoxy groups -OCH3 is 1. The average Bonchev–Trinajstić information content (AvgIpc) is 3.44. The van der Waals surface area contributed by atoms with Crippen LogP contribution in [0.2, 0.25) is 5.02 Å². The van der Waals surface area contributed by atoms with Gasteiger partial charge in [0, 0.05) is 50.7 Å². The summed E-state index contributed by atoms with van der Waals surface area (Å²) in [6, 6.07) is 8.50. The topological polar surface area (TPSA) is 113 Å². The number of carbonyl (C=O) groups is 2. The maximum absolute atomic E-state index is 15.6. The molecule has 2 N–H and O–H groups in total. The third-order valence-corrected chi connectivity index (χ3v) is 7.40. The number of guanidine groups is 1.